The maximum Gasteiger partial charge on any atom is 0.223 e. The van der Waals surface area contributed by atoms with Crippen molar-refractivity contribution in [3.63, 3.8) is 0 Å². The van der Waals surface area contributed by atoms with Gasteiger partial charge in [0.15, 0.2) is 0 Å². The van der Waals surface area contributed by atoms with Crippen LogP contribution >= 0.6 is 0 Å². The molecule has 2 N–H and O–H groups in total. The van der Waals surface area contributed by atoms with E-state index in [9.17, 15) is 9.90 Å². The molecule has 1 saturated heterocycles. The number of carbonyl (C=O) groups is 1. The van der Waals surface area contributed by atoms with E-state index in [0.717, 1.165) is 57.8 Å². The molecule has 4 heteroatoms. The highest BCUT2D eigenvalue weighted by Crippen LogP contribution is 2.31. The summed E-state index contributed by atoms with van der Waals surface area (Å²) in [6.07, 6.45) is 10.5. The third-order valence-electron chi connectivity index (χ3n) is 5.96. The van der Waals surface area contributed by atoms with Crippen LogP contribution in [-0.2, 0) is 4.79 Å². The van der Waals surface area contributed by atoms with E-state index in [1.54, 1.807) is 0 Å². The minimum Gasteiger partial charge on any atom is -0.393 e. The van der Waals surface area contributed by atoms with Crippen molar-refractivity contribution < 1.29 is 9.90 Å². The summed E-state index contributed by atoms with van der Waals surface area (Å²) in [5, 5.41) is 12.7. The number of hydrogen-bond acceptors (Lipinski definition) is 3. The predicted molar refractivity (Wildman–Crippen MR) is 98.8 cm³/mol. The molecule has 0 aromatic carbocycles. The molecule has 140 valence electrons. The Bertz CT molecular complexity index is 359. The smallest absolute Gasteiger partial charge is 0.223 e. The molecule has 0 radical (unpaired) electrons. The molecule has 1 amide bonds. The average Bonchev–Trinajstić information content (AvgIpc) is 2.58. The zero-order valence-corrected chi connectivity index (χ0v) is 15.8. The first kappa shape index (κ1) is 19.7. The Morgan fingerprint density at radius 2 is 1.79 bits per heavy atom. The quantitative estimate of drug-likeness (QED) is 0.668. The minimum absolute atomic E-state index is 0.104. The van der Waals surface area contributed by atoms with Gasteiger partial charge in [0.25, 0.3) is 0 Å². The number of amides is 1. The lowest BCUT2D eigenvalue weighted by Crippen LogP contribution is -2.39. The minimum atomic E-state index is -0.104. The zero-order valence-electron chi connectivity index (χ0n) is 15.8. The van der Waals surface area contributed by atoms with Gasteiger partial charge in [-0.15, -0.1) is 0 Å². The first-order valence-corrected chi connectivity index (χ1v) is 10.2. The van der Waals surface area contributed by atoms with E-state index in [1.807, 2.05) is 0 Å². The molecule has 2 rings (SSSR count). The molecule has 0 aromatic heterocycles. The van der Waals surface area contributed by atoms with Gasteiger partial charge in [0.05, 0.1) is 6.10 Å². The lowest BCUT2D eigenvalue weighted by atomic mass is 9.79. The molecule has 4 nitrogen and oxygen atoms in total. The number of rotatable bonds is 8. The summed E-state index contributed by atoms with van der Waals surface area (Å²) in [4.78, 5) is 15.0. The van der Waals surface area contributed by atoms with Gasteiger partial charge in [0, 0.05) is 25.6 Å². The Kier molecular flexibility index (Phi) is 8.54. The van der Waals surface area contributed by atoms with Crippen LogP contribution in [0.1, 0.15) is 71.6 Å². The second-order valence-electron chi connectivity index (χ2n) is 8.31. The number of hydrogen-bond donors (Lipinski definition) is 2. The average molecular weight is 339 g/mol. The Morgan fingerprint density at radius 3 is 2.42 bits per heavy atom. The van der Waals surface area contributed by atoms with Crippen LogP contribution in [0.2, 0.25) is 0 Å². The van der Waals surface area contributed by atoms with Gasteiger partial charge in [-0.25, -0.2) is 0 Å². The summed E-state index contributed by atoms with van der Waals surface area (Å²) in [7, 11) is 0. The van der Waals surface area contributed by atoms with Crippen LogP contribution < -0.4 is 5.32 Å². The van der Waals surface area contributed by atoms with Crippen molar-refractivity contribution in [2.24, 2.45) is 17.8 Å². The van der Waals surface area contributed by atoms with Gasteiger partial charge in [0.2, 0.25) is 5.91 Å². The van der Waals surface area contributed by atoms with E-state index in [0.29, 0.717) is 5.92 Å². The van der Waals surface area contributed by atoms with Crippen molar-refractivity contribution in [1.82, 2.24) is 10.2 Å². The number of piperidine rings is 1. The summed E-state index contributed by atoms with van der Waals surface area (Å²) >= 11 is 0. The Hall–Kier alpha value is -0.610. The summed E-state index contributed by atoms with van der Waals surface area (Å²) in [5.41, 5.74) is 0. The maximum atomic E-state index is 12.6. The second kappa shape index (κ2) is 10.4. The Labute approximate surface area is 148 Å². The monoisotopic (exact) mass is 338 g/mol. The van der Waals surface area contributed by atoms with Gasteiger partial charge in [0.1, 0.15) is 0 Å². The molecule has 0 spiro atoms. The molecular weight excluding hydrogens is 300 g/mol. The lowest BCUT2D eigenvalue weighted by Gasteiger charge is -2.30. The SMILES string of the molecule is CC(C)C(CC1CCCCC1)C(=O)NCCCN1CCC(O)CC1. The van der Waals surface area contributed by atoms with Crippen molar-refractivity contribution in [2.75, 3.05) is 26.2 Å². The highest BCUT2D eigenvalue weighted by Gasteiger charge is 2.26. The van der Waals surface area contributed by atoms with Crippen LogP contribution in [-0.4, -0.2) is 48.2 Å². The van der Waals surface area contributed by atoms with Gasteiger partial charge < -0.3 is 15.3 Å². The van der Waals surface area contributed by atoms with E-state index in [2.05, 4.69) is 24.1 Å². The molecule has 2 fully saturated rings. The predicted octanol–water partition coefficient (Wildman–Crippen LogP) is 3.19. The molecule has 24 heavy (non-hydrogen) atoms. The van der Waals surface area contributed by atoms with E-state index in [4.69, 9.17) is 0 Å². The fraction of sp³-hybridized carbons (Fsp3) is 0.950. The zero-order chi connectivity index (χ0) is 17.4. The van der Waals surface area contributed by atoms with Gasteiger partial charge in [-0.3, -0.25) is 4.79 Å². The molecule has 1 aliphatic carbocycles. The van der Waals surface area contributed by atoms with Gasteiger partial charge >= 0.3 is 0 Å². The Balaban J connectivity index is 1.64. The first-order chi connectivity index (χ1) is 11.6. The van der Waals surface area contributed by atoms with Crippen molar-refractivity contribution in [1.29, 1.82) is 0 Å². The highest BCUT2D eigenvalue weighted by molar-refractivity contribution is 5.78. The van der Waals surface area contributed by atoms with Crippen molar-refractivity contribution >= 4 is 5.91 Å². The normalized spacial score (nSPS) is 22.7. The molecule has 1 aliphatic heterocycles. The summed E-state index contributed by atoms with van der Waals surface area (Å²) in [6.45, 7) is 8.17. The van der Waals surface area contributed by atoms with Crippen LogP contribution in [0.4, 0.5) is 0 Å². The van der Waals surface area contributed by atoms with Gasteiger partial charge in [-0.05, 0) is 44.1 Å². The molecule has 1 unspecified atom stereocenters. The summed E-state index contributed by atoms with van der Waals surface area (Å²) in [5.74, 6) is 1.63. The number of aliphatic hydroxyl groups excluding tert-OH is 1. The molecule has 0 aromatic rings. The van der Waals surface area contributed by atoms with Crippen molar-refractivity contribution in [3.8, 4) is 0 Å². The summed E-state index contributed by atoms with van der Waals surface area (Å²) in [6, 6.07) is 0. The largest absolute Gasteiger partial charge is 0.393 e. The number of likely N-dealkylation sites (tertiary alicyclic amines) is 1. The molecular formula is C20H38N2O2. The van der Waals surface area contributed by atoms with Gasteiger partial charge in [-0.1, -0.05) is 46.0 Å². The fourth-order valence-electron chi connectivity index (χ4n) is 4.25. The number of aliphatic hydroxyl groups is 1. The van der Waals surface area contributed by atoms with Crippen LogP contribution in [0, 0.1) is 17.8 Å². The second-order valence-corrected chi connectivity index (χ2v) is 8.31. The molecule has 1 atom stereocenters. The van der Waals surface area contributed by atoms with E-state index < -0.39 is 0 Å². The topological polar surface area (TPSA) is 52.6 Å². The summed E-state index contributed by atoms with van der Waals surface area (Å²) < 4.78 is 0. The van der Waals surface area contributed by atoms with Crippen molar-refractivity contribution in [3.05, 3.63) is 0 Å². The lowest BCUT2D eigenvalue weighted by molar-refractivity contribution is -0.127. The van der Waals surface area contributed by atoms with E-state index in [-0.39, 0.29) is 17.9 Å². The van der Waals surface area contributed by atoms with Crippen LogP contribution in [0.15, 0.2) is 0 Å². The Morgan fingerprint density at radius 1 is 1.12 bits per heavy atom. The molecule has 1 saturated carbocycles. The highest BCUT2D eigenvalue weighted by atomic mass is 16.3. The third-order valence-corrected chi connectivity index (χ3v) is 5.96. The van der Waals surface area contributed by atoms with Crippen LogP contribution in [0.3, 0.4) is 0 Å². The third kappa shape index (κ3) is 6.72. The van der Waals surface area contributed by atoms with E-state index >= 15 is 0 Å². The molecule has 2 aliphatic rings. The first-order valence-electron chi connectivity index (χ1n) is 10.2. The number of nitrogens with one attached hydrogen (secondary N) is 1. The van der Waals surface area contributed by atoms with Crippen LogP contribution in [0.25, 0.3) is 0 Å². The van der Waals surface area contributed by atoms with Gasteiger partial charge in [-0.2, -0.15) is 0 Å². The number of nitrogens with zero attached hydrogens (tertiary/aromatic N) is 1. The van der Waals surface area contributed by atoms with Crippen molar-refractivity contribution in [2.45, 2.75) is 77.7 Å². The fourth-order valence-corrected chi connectivity index (χ4v) is 4.25. The van der Waals surface area contributed by atoms with Crippen LogP contribution in [0.5, 0.6) is 0 Å². The maximum absolute atomic E-state index is 12.6. The molecule has 1 heterocycles. The number of carbonyl (C=O) groups excluding carboxylic acids is 1. The van der Waals surface area contributed by atoms with E-state index in [1.165, 1.54) is 32.1 Å². The standard InChI is InChI=1S/C20H38N2O2/c1-16(2)19(15-17-7-4-3-5-8-17)20(24)21-11-6-12-22-13-9-18(23)10-14-22/h16-19,23H,3-15H2,1-2H3,(H,21,24). The molecule has 0 bridgehead atoms.